The van der Waals surface area contributed by atoms with E-state index in [2.05, 4.69) is 54.4 Å². The Labute approximate surface area is 140 Å². The van der Waals surface area contributed by atoms with Crippen molar-refractivity contribution in [3.63, 3.8) is 0 Å². The van der Waals surface area contributed by atoms with Gasteiger partial charge in [0.15, 0.2) is 0 Å². The summed E-state index contributed by atoms with van der Waals surface area (Å²) in [5, 5.41) is 2.93. The third-order valence-corrected chi connectivity index (χ3v) is 4.48. The number of nitrogens with zero attached hydrogens (tertiary/aromatic N) is 1. The number of benzene rings is 1. The molecule has 1 amide bonds. The minimum absolute atomic E-state index is 0.0972. The first-order valence-electron chi connectivity index (χ1n) is 8.44. The van der Waals surface area contributed by atoms with Crippen molar-refractivity contribution < 1.29 is 9.53 Å². The van der Waals surface area contributed by atoms with Crippen molar-refractivity contribution in [1.29, 1.82) is 0 Å². The maximum Gasteiger partial charge on any atom is 0.407 e. The average Bonchev–Trinajstić information content (AvgIpc) is 2.87. The van der Waals surface area contributed by atoms with E-state index in [1.54, 1.807) is 0 Å². The number of hydrogen-bond acceptors (Lipinski definition) is 3. The smallest absolute Gasteiger partial charge is 0.407 e. The van der Waals surface area contributed by atoms with Crippen LogP contribution in [0, 0.1) is 5.41 Å². The summed E-state index contributed by atoms with van der Waals surface area (Å²) < 4.78 is 5.32. The monoisotopic (exact) mass is 318 g/mol. The fraction of sp³-hybridized carbons (Fsp3) is 0.632. The first-order valence-corrected chi connectivity index (χ1v) is 8.44. The van der Waals surface area contributed by atoms with E-state index >= 15 is 0 Å². The number of amides is 1. The van der Waals surface area contributed by atoms with Crippen LogP contribution in [-0.4, -0.2) is 36.2 Å². The predicted molar refractivity (Wildman–Crippen MR) is 93.4 cm³/mol. The molecule has 0 radical (unpaired) electrons. The molecule has 1 fully saturated rings. The molecule has 4 heteroatoms. The summed E-state index contributed by atoms with van der Waals surface area (Å²) in [4.78, 5) is 14.3. The summed E-state index contributed by atoms with van der Waals surface area (Å²) in [5.41, 5.74) is 0.992. The maximum atomic E-state index is 11.8. The van der Waals surface area contributed by atoms with Crippen LogP contribution in [0.2, 0.25) is 0 Å². The van der Waals surface area contributed by atoms with Crippen molar-refractivity contribution in [3.8, 4) is 0 Å². The number of carbonyl (C=O) groups is 1. The maximum absolute atomic E-state index is 11.8. The highest BCUT2D eigenvalue weighted by atomic mass is 16.6. The van der Waals surface area contributed by atoms with Gasteiger partial charge in [-0.2, -0.15) is 0 Å². The highest BCUT2D eigenvalue weighted by molar-refractivity contribution is 5.67. The average molecular weight is 318 g/mol. The Kier molecular flexibility index (Phi) is 5.35. The third-order valence-electron chi connectivity index (χ3n) is 4.48. The van der Waals surface area contributed by atoms with Gasteiger partial charge in [0, 0.05) is 19.1 Å². The topological polar surface area (TPSA) is 41.6 Å². The Balaban J connectivity index is 1.87. The molecule has 0 unspecified atom stereocenters. The Hall–Kier alpha value is -1.55. The molecule has 128 valence electrons. The zero-order chi connectivity index (χ0) is 17.1. The van der Waals surface area contributed by atoms with Crippen LogP contribution in [0.4, 0.5) is 4.79 Å². The van der Waals surface area contributed by atoms with Crippen molar-refractivity contribution in [1.82, 2.24) is 10.2 Å². The van der Waals surface area contributed by atoms with Crippen molar-refractivity contribution in [2.45, 2.75) is 52.7 Å². The summed E-state index contributed by atoms with van der Waals surface area (Å²) in [6, 6.07) is 11.0. The predicted octanol–water partition coefficient (Wildman–Crippen LogP) is 3.98. The van der Waals surface area contributed by atoms with E-state index < -0.39 is 5.60 Å². The van der Waals surface area contributed by atoms with Gasteiger partial charge < -0.3 is 10.1 Å². The third kappa shape index (κ3) is 5.24. The van der Waals surface area contributed by atoms with Crippen LogP contribution in [0.5, 0.6) is 0 Å². The minimum atomic E-state index is -0.450. The number of carbonyl (C=O) groups excluding carboxylic acids is 1. The first kappa shape index (κ1) is 17.8. The quantitative estimate of drug-likeness (QED) is 0.913. The number of ether oxygens (including phenoxy) is 1. The van der Waals surface area contributed by atoms with E-state index in [1.807, 2.05) is 20.8 Å². The lowest BCUT2D eigenvalue weighted by Gasteiger charge is -2.29. The SMILES string of the molecule is C[C@H](c1ccccc1)N1CC[C@](C)(CNC(=O)OC(C)(C)C)C1. The molecule has 0 saturated carbocycles. The number of likely N-dealkylation sites (tertiary alicyclic amines) is 1. The summed E-state index contributed by atoms with van der Waals surface area (Å²) in [7, 11) is 0. The van der Waals surface area contributed by atoms with Crippen molar-refractivity contribution in [2.24, 2.45) is 5.41 Å². The van der Waals surface area contributed by atoms with Gasteiger partial charge in [-0.25, -0.2) is 4.79 Å². The van der Waals surface area contributed by atoms with Crippen molar-refractivity contribution >= 4 is 6.09 Å². The van der Waals surface area contributed by atoms with Crippen molar-refractivity contribution in [3.05, 3.63) is 35.9 Å². The molecule has 1 saturated heterocycles. The lowest BCUT2D eigenvalue weighted by Crippen LogP contribution is -2.40. The van der Waals surface area contributed by atoms with Crippen molar-refractivity contribution in [2.75, 3.05) is 19.6 Å². The second-order valence-electron chi connectivity index (χ2n) is 7.97. The Bertz CT molecular complexity index is 524. The molecule has 0 aromatic heterocycles. The van der Waals surface area contributed by atoms with E-state index in [0.717, 1.165) is 19.5 Å². The molecule has 4 nitrogen and oxygen atoms in total. The van der Waals surface area contributed by atoms with Gasteiger partial charge in [-0.05, 0) is 51.6 Å². The standard InChI is InChI=1S/C19H30N2O2/c1-15(16-9-7-6-8-10-16)21-12-11-19(5,14-21)13-20-17(22)23-18(2,3)4/h6-10,15H,11-14H2,1-5H3,(H,20,22)/t15-,19-/m1/s1. The normalized spacial score (nSPS) is 23.5. The molecule has 0 aliphatic carbocycles. The van der Waals surface area contributed by atoms with Gasteiger partial charge in [0.25, 0.3) is 0 Å². The molecular weight excluding hydrogens is 288 g/mol. The van der Waals surface area contributed by atoms with Gasteiger partial charge in [-0.1, -0.05) is 37.3 Å². The Morgan fingerprint density at radius 3 is 2.61 bits per heavy atom. The van der Waals surface area contributed by atoms with Crippen LogP contribution in [0.15, 0.2) is 30.3 Å². The lowest BCUT2D eigenvalue weighted by molar-refractivity contribution is 0.0503. The molecule has 1 heterocycles. The van der Waals surface area contributed by atoms with Crippen LogP contribution in [-0.2, 0) is 4.74 Å². The number of hydrogen-bond donors (Lipinski definition) is 1. The molecular formula is C19H30N2O2. The molecule has 1 aromatic rings. The molecule has 2 atom stereocenters. The van der Waals surface area contributed by atoms with Gasteiger partial charge in [0.05, 0.1) is 0 Å². The Morgan fingerprint density at radius 2 is 2.00 bits per heavy atom. The molecule has 1 N–H and O–H groups in total. The van der Waals surface area contributed by atoms with Gasteiger partial charge in [0.2, 0.25) is 0 Å². The highest BCUT2D eigenvalue weighted by Crippen LogP contribution is 2.34. The summed E-state index contributed by atoms with van der Waals surface area (Å²) >= 11 is 0. The summed E-state index contributed by atoms with van der Waals surface area (Å²) in [6.45, 7) is 12.8. The van der Waals surface area contributed by atoms with E-state index in [1.165, 1.54) is 5.56 Å². The number of nitrogens with one attached hydrogen (secondary N) is 1. The Morgan fingerprint density at radius 1 is 1.35 bits per heavy atom. The van der Waals surface area contributed by atoms with E-state index in [9.17, 15) is 4.79 Å². The zero-order valence-corrected chi connectivity index (χ0v) is 15.1. The lowest BCUT2D eigenvalue weighted by atomic mass is 9.90. The van der Waals surface area contributed by atoms with Crippen LogP contribution < -0.4 is 5.32 Å². The molecule has 1 aliphatic heterocycles. The van der Waals surface area contributed by atoms with E-state index in [0.29, 0.717) is 12.6 Å². The summed E-state index contributed by atoms with van der Waals surface area (Å²) in [5.74, 6) is 0. The molecule has 2 rings (SSSR count). The van der Waals surface area contributed by atoms with Crippen LogP contribution in [0.3, 0.4) is 0 Å². The zero-order valence-electron chi connectivity index (χ0n) is 15.1. The molecule has 0 bridgehead atoms. The van der Waals surface area contributed by atoms with Gasteiger partial charge in [-0.3, -0.25) is 4.90 Å². The largest absolute Gasteiger partial charge is 0.444 e. The van der Waals surface area contributed by atoms with Crippen LogP contribution in [0.1, 0.15) is 52.6 Å². The fourth-order valence-electron chi connectivity index (χ4n) is 3.08. The fourth-order valence-corrected chi connectivity index (χ4v) is 3.08. The van der Waals surface area contributed by atoms with Crippen LogP contribution in [0.25, 0.3) is 0 Å². The molecule has 1 aromatic carbocycles. The molecule has 1 aliphatic rings. The number of alkyl carbamates (subject to hydrolysis) is 1. The minimum Gasteiger partial charge on any atom is -0.444 e. The highest BCUT2D eigenvalue weighted by Gasteiger charge is 2.36. The first-order chi connectivity index (χ1) is 10.7. The summed E-state index contributed by atoms with van der Waals surface area (Å²) in [6.07, 6.45) is 0.758. The molecule has 0 spiro atoms. The van der Waals surface area contributed by atoms with Crippen LogP contribution >= 0.6 is 0 Å². The van der Waals surface area contributed by atoms with Gasteiger partial charge >= 0.3 is 6.09 Å². The second-order valence-corrected chi connectivity index (χ2v) is 7.97. The van der Waals surface area contributed by atoms with E-state index in [-0.39, 0.29) is 11.5 Å². The second kappa shape index (κ2) is 6.91. The van der Waals surface area contributed by atoms with Gasteiger partial charge in [0.1, 0.15) is 5.60 Å². The molecule has 23 heavy (non-hydrogen) atoms. The van der Waals surface area contributed by atoms with E-state index in [4.69, 9.17) is 4.74 Å². The number of rotatable bonds is 4. The van der Waals surface area contributed by atoms with Gasteiger partial charge in [-0.15, -0.1) is 0 Å².